The van der Waals surface area contributed by atoms with Gasteiger partial charge in [0.15, 0.2) is 0 Å². The molecule has 1 heterocycles. The Labute approximate surface area is 126 Å². The summed E-state index contributed by atoms with van der Waals surface area (Å²) in [5.74, 6) is 0.143. The topological polar surface area (TPSA) is 51.2 Å². The van der Waals surface area contributed by atoms with Crippen LogP contribution in [-0.4, -0.2) is 18.0 Å². The third-order valence-corrected chi connectivity index (χ3v) is 3.27. The van der Waals surface area contributed by atoms with Crippen LogP contribution in [0.5, 0.6) is 5.75 Å². The Morgan fingerprint density at radius 1 is 1.25 bits per heavy atom. The number of methoxy groups -OCH3 is 1. The highest BCUT2D eigenvalue weighted by Crippen LogP contribution is 2.28. The molecule has 0 saturated carbocycles. The molecule has 0 aliphatic carbocycles. The summed E-state index contributed by atoms with van der Waals surface area (Å²) < 4.78 is 5.09. The predicted octanol–water partition coefficient (Wildman–Crippen LogP) is 3.96. The second kappa shape index (κ2) is 6.11. The van der Waals surface area contributed by atoms with Crippen LogP contribution in [0.4, 0.5) is 5.69 Å². The van der Waals surface area contributed by atoms with Gasteiger partial charge in [0.25, 0.3) is 5.91 Å². The maximum Gasteiger partial charge on any atom is 0.258 e. The molecule has 0 aliphatic rings. The standard InChI is InChI=1S/C14H12Cl2N2O2/c1-8-5-12(16)10(7-17-8)14(19)18-9-3-4-11(15)13(6-9)20-2/h3-7H,1-2H3,(H,18,19). The van der Waals surface area contributed by atoms with Crippen molar-refractivity contribution in [3.05, 3.63) is 51.8 Å². The van der Waals surface area contributed by atoms with Crippen molar-refractivity contribution in [3.8, 4) is 5.75 Å². The lowest BCUT2D eigenvalue weighted by molar-refractivity contribution is 0.102. The number of nitrogens with zero attached hydrogens (tertiary/aromatic N) is 1. The minimum absolute atomic E-state index is 0.311. The lowest BCUT2D eigenvalue weighted by atomic mass is 10.2. The number of nitrogens with one attached hydrogen (secondary N) is 1. The Hall–Kier alpha value is -1.78. The molecule has 0 unspecified atom stereocenters. The van der Waals surface area contributed by atoms with E-state index in [4.69, 9.17) is 27.9 Å². The number of pyridine rings is 1. The molecule has 0 spiro atoms. The van der Waals surface area contributed by atoms with E-state index in [1.54, 1.807) is 31.2 Å². The molecular weight excluding hydrogens is 299 g/mol. The van der Waals surface area contributed by atoms with Crippen LogP contribution in [0.3, 0.4) is 0 Å². The third kappa shape index (κ3) is 3.21. The van der Waals surface area contributed by atoms with Gasteiger partial charge >= 0.3 is 0 Å². The number of benzene rings is 1. The molecule has 2 rings (SSSR count). The largest absolute Gasteiger partial charge is 0.495 e. The number of aromatic nitrogens is 1. The van der Waals surface area contributed by atoms with Crippen molar-refractivity contribution in [3.63, 3.8) is 0 Å². The molecule has 1 aromatic heterocycles. The molecule has 1 aromatic carbocycles. The van der Waals surface area contributed by atoms with Crippen molar-refractivity contribution in [2.75, 3.05) is 12.4 Å². The van der Waals surface area contributed by atoms with Gasteiger partial charge in [-0.25, -0.2) is 0 Å². The molecule has 4 nitrogen and oxygen atoms in total. The average molecular weight is 311 g/mol. The molecule has 0 aliphatic heterocycles. The smallest absolute Gasteiger partial charge is 0.258 e. The minimum Gasteiger partial charge on any atom is -0.495 e. The number of rotatable bonds is 3. The van der Waals surface area contributed by atoms with E-state index in [0.29, 0.717) is 27.0 Å². The fourth-order valence-electron chi connectivity index (χ4n) is 1.63. The number of hydrogen-bond donors (Lipinski definition) is 1. The van der Waals surface area contributed by atoms with Crippen molar-refractivity contribution in [2.24, 2.45) is 0 Å². The fraction of sp³-hybridized carbons (Fsp3) is 0.143. The third-order valence-electron chi connectivity index (χ3n) is 2.64. The van der Waals surface area contributed by atoms with Crippen molar-refractivity contribution < 1.29 is 9.53 Å². The molecule has 20 heavy (non-hydrogen) atoms. The molecular formula is C14H12Cl2N2O2. The molecule has 0 saturated heterocycles. The molecule has 1 amide bonds. The molecule has 2 aromatic rings. The highest BCUT2D eigenvalue weighted by molar-refractivity contribution is 6.34. The van der Waals surface area contributed by atoms with Gasteiger partial charge in [-0.15, -0.1) is 0 Å². The maximum absolute atomic E-state index is 12.1. The molecule has 104 valence electrons. The van der Waals surface area contributed by atoms with Gasteiger partial charge in [-0.3, -0.25) is 9.78 Å². The van der Waals surface area contributed by atoms with Crippen molar-refractivity contribution >= 4 is 34.8 Å². The van der Waals surface area contributed by atoms with Gasteiger partial charge in [-0.1, -0.05) is 23.2 Å². The first-order valence-corrected chi connectivity index (χ1v) is 6.54. The Kier molecular flexibility index (Phi) is 4.47. The molecule has 0 radical (unpaired) electrons. The predicted molar refractivity (Wildman–Crippen MR) is 79.9 cm³/mol. The lowest BCUT2D eigenvalue weighted by Crippen LogP contribution is -2.13. The number of aryl methyl sites for hydroxylation is 1. The molecule has 0 bridgehead atoms. The summed E-state index contributed by atoms with van der Waals surface area (Å²) in [6.45, 7) is 1.80. The van der Waals surface area contributed by atoms with Gasteiger partial charge in [-0.05, 0) is 25.1 Å². The molecule has 0 fully saturated rings. The van der Waals surface area contributed by atoms with Crippen LogP contribution in [0, 0.1) is 6.92 Å². The Morgan fingerprint density at radius 2 is 2.00 bits per heavy atom. The number of carbonyl (C=O) groups is 1. The van der Waals surface area contributed by atoms with Gasteiger partial charge in [0.05, 0.1) is 22.7 Å². The van der Waals surface area contributed by atoms with Gasteiger partial charge in [0.2, 0.25) is 0 Å². The van der Waals surface area contributed by atoms with E-state index in [1.165, 1.54) is 13.3 Å². The highest BCUT2D eigenvalue weighted by atomic mass is 35.5. The molecule has 0 atom stereocenters. The van der Waals surface area contributed by atoms with Gasteiger partial charge in [0.1, 0.15) is 5.75 Å². The Bertz CT molecular complexity index is 660. The average Bonchev–Trinajstić information content (AvgIpc) is 2.40. The van der Waals surface area contributed by atoms with Gasteiger partial charge < -0.3 is 10.1 Å². The van der Waals surface area contributed by atoms with E-state index >= 15 is 0 Å². The zero-order valence-corrected chi connectivity index (χ0v) is 12.4. The maximum atomic E-state index is 12.1. The summed E-state index contributed by atoms with van der Waals surface area (Å²) >= 11 is 12.0. The summed E-state index contributed by atoms with van der Waals surface area (Å²) in [5, 5.41) is 3.55. The van der Waals surface area contributed by atoms with Crippen LogP contribution in [0.25, 0.3) is 0 Å². The summed E-state index contributed by atoms with van der Waals surface area (Å²) in [5.41, 5.74) is 1.62. The number of carbonyl (C=O) groups excluding carboxylic acids is 1. The van der Waals surface area contributed by atoms with E-state index in [1.807, 2.05) is 0 Å². The van der Waals surface area contributed by atoms with E-state index in [-0.39, 0.29) is 5.91 Å². The van der Waals surface area contributed by atoms with Crippen molar-refractivity contribution in [1.29, 1.82) is 0 Å². The zero-order chi connectivity index (χ0) is 14.7. The Morgan fingerprint density at radius 3 is 2.65 bits per heavy atom. The van der Waals surface area contributed by atoms with E-state index in [2.05, 4.69) is 10.3 Å². The quantitative estimate of drug-likeness (QED) is 0.933. The second-order valence-corrected chi connectivity index (χ2v) is 4.92. The minimum atomic E-state index is -0.341. The van der Waals surface area contributed by atoms with Crippen LogP contribution in [0.15, 0.2) is 30.5 Å². The number of ether oxygens (including phenoxy) is 1. The van der Waals surface area contributed by atoms with Crippen LogP contribution in [0.2, 0.25) is 10.0 Å². The lowest BCUT2D eigenvalue weighted by Gasteiger charge is -2.09. The first-order chi connectivity index (χ1) is 9.51. The van der Waals surface area contributed by atoms with Crippen molar-refractivity contribution in [2.45, 2.75) is 6.92 Å². The number of halogens is 2. The van der Waals surface area contributed by atoms with Crippen molar-refractivity contribution in [1.82, 2.24) is 4.98 Å². The molecule has 6 heteroatoms. The van der Waals surface area contributed by atoms with Crippen LogP contribution in [0.1, 0.15) is 16.1 Å². The summed E-state index contributed by atoms with van der Waals surface area (Å²) in [6.07, 6.45) is 1.44. The van der Waals surface area contributed by atoms with E-state index in [9.17, 15) is 4.79 Å². The second-order valence-electron chi connectivity index (χ2n) is 4.11. The monoisotopic (exact) mass is 310 g/mol. The van der Waals surface area contributed by atoms with E-state index < -0.39 is 0 Å². The zero-order valence-electron chi connectivity index (χ0n) is 10.9. The highest BCUT2D eigenvalue weighted by Gasteiger charge is 2.12. The fourth-order valence-corrected chi connectivity index (χ4v) is 2.12. The summed E-state index contributed by atoms with van der Waals surface area (Å²) in [6, 6.07) is 6.60. The van der Waals surface area contributed by atoms with E-state index in [0.717, 1.165) is 5.69 Å². The van der Waals surface area contributed by atoms with Crippen LogP contribution < -0.4 is 10.1 Å². The van der Waals surface area contributed by atoms with Crippen LogP contribution in [-0.2, 0) is 0 Å². The van der Waals surface area contributed by atoms with Crippen LogP contribution >= 0.6 is 23.2 Å². The normalized spacial score (nSPS) is 10.2. The Balaban J connectivity index is 2.23. The number of amides is 1. The summed E-state index contributed by atoms with van der Waals surface area (Å²) in [7, 11) is 1.51. The van der Waals surface area contributed by atoms with Gasteiger partial charge in [-0.2, -0.15) is 0 Å². The number of hydrogen-bond acceptors (Lipinski definition) is 3. The summed E-state index contributed by atoms with van der Waals surface area (Å²) in [4.78, 5) is 16.2. The van der Waals surface area contributed by atoms with Gasteiger partial charge in [0, 0.05) is 23.6 Å². The first kappa shape index (κ1) is 14.6. The SMILES string of the molecule is COc1cc(NC(=O)c2cnc(C)cc2Cl)ccc1Cl. The molecule has 1 N–H and O–H groups in total. The number of anilines is 1. The first-order valence-electron chi connectivity index (χ1n) is 5.78.